The Bertz CT molecular complexity index is 423. The van der Waals surface area contributed by atoms with Crippen molar-refractivity contribution in [3.8, 4) is 0 Å². The minimum Gasteiger partial charge on any atom is -0.399 e. The van der Waals surface area contributed by atoms with E-state index >= 15 is 0 Å². The van der Waals surface area contributed by atoms with Crippen LogP contribution in [-0.2, 0) is 4.74 Å². The second-order valence-corrected chi connectivity index (χ2v) is 4.39. The highest BCUT2D eigenvalue weighted by Crippen LogP contribution is 2.18. The molecule has 0 aliphatic heterocycles. The fourth-order valence-corrected chi connectivity index (χ4v) is 1.66. The van der Waals surface area contributed by atoms with Gasteiger partial charge in [0.15, 0.2) is 0 Å². The third kappa shape index (κ3) is 5.15. The van der Waals surface area contributed by atoms with E-state index in [2.05, 4.69) is 10.2 Å². The molecule has 6 nitrogen and oxygen atoms in total. The number of hydrogen-bond donors (Lipinski definition) is 3. The molecule has 1 rings (SSSR count). The molecular weight excluding hydrogens is 244 g/mol. The zero-order valence-electron chi connectivity index (χ0n) is 11.5. The summed E-state index contributed by atoms with van der Waals surface area (Å²) in [7, 11) is 3.69. The van der Waals surface area contributed by atoms with Gasteiger partial charge < -0.3 is 26.4 Å². The first kappa shape index (κ1) is 15.3. The zero-order chi connectivity index (χ0) is 14.3. The van der Waals surface area contributed by atoms with Crippen LogP contribution in [0.4, 0.5) is 11.4 Å². The predicted octanol–water partition coefficient (Wildman–Crippen LogP) is 0.358. The normalized spacial score (nSPS) is 10.7. The van der Waals surface area contributed by atoms with Crippen molar-refractivity contribution >= 4 is 17.3 Å². The van der Waals surface area contributed by atoms with E-state index in [-0.39, 0.29) is 0 Å². The van der Waals surface area contributed by atoms with E-state index in [9.17, 15) is 4.79 Å². The summed E-state index contributed by atoms with van der Waals surface area (Å²) in [6.07, 6.45) is 0. The van der Waals surface area contributed by atoms with Crippen LogP contribution in [0.15, 0.2) is 18.2 Å². The van der Waals surface area contributed by atoms with Gasteiger partial charge in [0.1, 0.15) is 0 Å². The molecule has 0 bridgehead atoms. The van der Waals surface area contributed by atoms with Crippen LogP contribution in [0.3, 0.4) is 0 Å². The average Bonchev–Trinajstić information content (AvgIpc) is 2.36. The Kier molecular flexibility index (Phi) is 6.11. The molecule has 0 radical (unpaired) electrons. The molecule has 0 unspecified atom stereocenters. The van der Waals surface area contributed by atoms with Gasteiger partial charge in [-0.25, -0.2) is 0 Å². The second-order valence-electron chi connectivity index (χ2n) is 4.39. The maximum absolute atomic E-state index is 11.3. The Morgan fingerprint density at radius 2 is 2.16 bits per heavy atom. The summed E-state index contributed by atoms with van der Waals surface area (Å²) in [5.41, 5.74) is 12.7. The van der Waals surface area contributed by atoms with Gasteiger partial charge in [-0.2, -0.15) is 0 Å². The largest absolute Gasteiger partial charge is 0.399 e. The lowest BCUT2D eigenvalue weighted by atomic mass is 10.1. The number of nitrogens with one attached hydrogen (secondary N) is 1. The number of ether oxygens (including phenoxy) is 1. The van der Waals surface area contributed by atoms with Crippen molar-refractivity contribution in [1.29, 1.82) is 0 Å². The molecule has 1 aromatic carbocycles. The highest BCUT2D eigenvalue weighted by Gasteiger charge is 2.08. The van der Waals surface area contributed by atoms with Crippen LogP contribution in [0.5, 0.6) is 0 Å². The molecule has 0 saturated heterocycles. The Hall–Kier alpha value is -1.79. The zero-order valence-corrected chi connectivity index (χ0v) is 11.5. The van der Waals surface area contributed by atoms with E-state index in [0.717, 1.165) is 13.1 Å². The van der Waals surface area contributed by atoms with Gasteiger partial charge in [0, 0.05) is 38.1 Å². The second kappa shape index (κ2) is 7.60. The Morgan fingerprint density at radius 3 is 2.79 bits per heavy atom. The first-order valence-corrected chi connectivity index (χ1v) is 6.15. The standard InChI is InChI=1S/C13H22N4O2/c1-17(7-8-19-2)6-5-16-12-9-10(14)3-4-11(12)13(15)18/h3-4,9,16H,5-8,14H2,1-2H3,(H2,15,18). The van der Waals surface area contributed by atoms with Crippen LogP contribution in [-0.4, -0.2) is 51.2 Å². The van der Waals surface area contributed by atoms with Crippen LogP contribution in [0.2, 0.25) is 0 Å². The number of anilines is 2. The molecule has 0 heterocycles. The SMILES string of the molecule is COCCN(C)CCNc1cc(N)ccc1C(N)=O. The van der Waals surface area contributed by atoms with E-state index in [4.69, 9.17) is 16.2 Å². The molecule has 19 heavy (non-hydrogen) atoms. The summed E-state index contributed by atoms with van der Waals surface area (Å²) < 4.78 is 5.00. The number of nitrogens with zero attached hydrogens (tertiary/aromatic N) is 1. The fourth-order valence-electron chi connectivity index (χ4n) is 1.66. The molecule has 0 aromatic heterocycles. The van der Waals surface area contributed by atoms with Gasteiger partial charge in [-0.3, -0.25) is 4.79 Å². The molecule has 0 aliphatic rings. The topological polar surface area (TPSA) is 93.6 Å². The molecule has 106 valence electrons. The van der Waals surface area contributed by atoms with Crippen molar-refractivity contribution in [2.75, 3.05) is 51.4 Å². The van der Waals surface area contributed by atoms with Gasteiger partial charge in [0.05, 0.1) is 12.2 Å². The molecule has 5 N–H and O–H groups in total. The van der Waals surface area contributed by atoms with Gasteiger partial charge in [-0.05, 0) is 25.2 Å². The Balaban J connectivity index is 2.52. The number of primary amides is 1. The maximum Gasteiger partial charge on any atom is 0.250 e. The molecule has 0 spiro atoms. The van der Waals surface area contributed by atoms with Crippen molar-refractivity contribution in [1.82, 2.24) is 4.90 Å². The van der Waals surface area contributed by atoms with Crippen LogP contribution >= 0.6 is 0 Å². The minimum absolute atomic E-state index is 0.453. The number of methoxy groups -OCH3 is 1. The number of nitrogens with two attached hydrogens (primary N) is 2. The molecule has 1 aromatic rings. The van der Waals surface area contributed by atoms with Crippen LogP contribution < -0.4 is 16.8 Å². The smallest absolute Gasteiger partial charge is 0.250 e. The monoisotopic (exact) mass is 266 g/mol. The number of hydrogen-bond acceptors (Lipinski definition) is 5. The lowest BCUT2D eigenvalue weighted by Crippen LogP contribution is -2.28. The summed E-state index contributed by atoms with van der Waals surface area (Å²) in [6.45, 7) is 3.08. The summed E-state index contributed by atoms with van der Waals surface area (Å²) in [6, 6.07) is 5.01. The molecule has 0 aliphatic carbocycles. The highest BCUT2D eigenvalue weighted by atomic mass is 16.5. The van der Waals surface area contributed by atoms with Gasteiger partial charge in [0.2, 0.25) is 0 Å². The molecule has 6 heteroatoms. The van der Waals surface area contributed by atoms with E-state index in [0.29, 0.717) is 30.1 Å². The molecular formula is C13H22N4O2. The number of nitrogen functional groups attached to an aromatic ring is 1. The van der Waals surface area contributed by atoms with Crippen molar-refractivity contribution < 1.29 is 9.53 Å². The number of benzene rings is 1. The van der Waals surface area contributed by atoms with Crippen LogP contribution in [0.25, 0.3) is 0 Å². The summed E-state index contributed by atoms with van der Waals surface area (Å²) in [4.78, 5) is 13.4. The van der Waals surface area contributed by atoms with Crippen molar-refractivity contribution in [2.24, 2.45) is 5.73 Å². The maximum atomic E-state index is 11.3. The van der Waals surface area contributed by atoms with E-state index < -0.39 is 5.91 Å². The Morgan fingerprint density at radius 1 is 1.42 bits per heavy atom. The third-order valence-corrected chi connectivity index (χ3v) is 2.80. The summed E-state index contributed by atoms with van der Waals surface area (Å²) >= 11 is 0. The van der Waals surface area contributed by atoms with Gasteiger partial charge in [-0.15, -0.1) is 0 Å². The number of amides is 1. The van der Waals surface area contributed by atoms with Crippen LogP contribution in [0.1, 0.15) is 10.4 Å². The molecule has 1 amide bonds. The van der Waals surface area contributed by atoms with E-state index in [1.54, 1.807) is 25.3 Å². The summed E-state index contributed by atoms with van der Waals surface area (Å²) in [5.74, 6) is -0.463. The van der Waals surface area contributed by atoms with Crippen LogP contribution in [0, 0.1) is 0 Å². The molecule has 0 saturated carbocycles. The molecule has 0 atom stereocenters. The van der Waals surface area contributed by atoms with E-state index in [1.165, 1.54) is 0 Å². The van der Waals surface area contributed by atoms with E-state index in [1.807, 2.05) is 7.05 Å². The highest BCUT2D eigenvalue weighted by molar-refractivity contribution is 5.99. The minimum atomic E-state index is -0.463. The van der Waals surface area contributed by atoms with Crippen molar-refractivity contribution in [3.63, 3.8) is 0 Å². The first-order chi connectivity index (χ1) is 9.04. The molecule has 0 fully saturated rings. The average molecular weight is 266 g/mol. The van der Waals surface area contributed by atoms with Crippen molar-refractivity contribution in [2.45, 2.75) is 0 Å². The van der Waals surface area contributed by atoms with Crippen molar-refractivity contribution in [3.05, 3.63) is 23.8 Å². The van der Waals surface area contributed by atoms with Gasteiger partial charge in [-0.1, -0.05) is 0 Å². The number of rotatable bonds is 8. The number of carbonyl (C=O) groups excluding carboxylic acids is 1. The predicted molar refractivity (Wildman–Crippen MR) is 77.2 cm³/mol. The number of likely N-dealkylation sites (N-methyl/N-ethyl adjacent to an activating group) is 1. The third-order valence-electron chi connectivity index (χ3n) is 2.80. The number of carbonyl (C=O) groups is 1. The lowest BCUT2D eigenvalue weighted by Gasteiger charge is -2.17. The Labute approximate surface area is 113 Å². The quantitative estimate of drug-likeness (QED) is 0.591. The van der Waals surface area contributed by atoms with Gasteiger partial charge >= 0.3 is 0 Å². The van der Waals surface area contributed by atoms with Gasteiger partial charge in [0.25, 0.3) is 5.91 Å². The lowest BCUT2D eigenvalue weighted by molar-refractivity contribution is 0.100. The fraction of sp³-hybridized carbons (Fsp3) is 0.462. The summed E-state index contributed by atoms with van der Waals surface area (Å²) in [5, 5.41) is 3.18. The first-order valence-electron chi connectivity index (χ1n) is 6.15.